The molecule has 0 radical (unpaired) electrons. The summed E-state index contributed by atoms with van der Waals surface area (Å²) in [5, 5.41) is 0. The Morgan fingerprint density at radius 1 is 0.458 bits per heavy atom. The summed E-state index contributed by atoms with van der Waals surface area (Å²) in [6, 6.07) is 21.6. The van der Waals surface area contributed by atoms with Crippen LogP contribution < -0.4 is 0 Å². The zero-order valence-electron chi connectivity index (χ0n) is 13.5. The van der Waals surface area contributed by atoms with Crippen molar-refractivity contribution in [2.75, 3.05) is 0 Å². The molecule has 0 atom stereocenters. The van der Waals surface area contributed by atoms with Gasteiger partial charge in [0.05, 0.1) is 0 Å². The predicted molar refractivity (Wildman–Crippen MR) is 103 cm³/mol. The molecule has 0 bridgehead atoms. The third kappa shape index (κ3) is 2.83. The van der Waals surface area contributed by atoms with Crippen LogP contribution in [-0.2, 0) is 0 Å². The Hall–Kier alpha value is -2.86. The minimum Gasteiger partial charge on any atom is -0.0732 e. The van der Waals surface area contributed by atoms with Crippen molar-refractivity contribution >= 4 is 11.1 Å². The Morgan fingerprint density at radius 2 is 0.792 bits per heavy atom. The normalized spacial score (nSPS) is 17.7. The van der Waals surface area contributed by atoms with Gasteiger partial charge in [-0.05, 0) is 22.3 Å². The van der Waals surface area contributed by atoms with Gasteiger partial charge >= 0.3 is 0 Å². The molecule has 0 N–H and O–H groups in total. The molecule has 2 aliphatic carbocycles. The Labute approximate surface area is 143 Å². The van der Waals surface area contributed by atoms with Crippen LogP contribution in [0.15, 0.2) is 109 Å². The highest BCUT2D eigenvalue weighted by Crippen LogP contribution is 2.41. The molecule has 2 aromatic carbocycles. The zero-order valence-corrected chi connectivity index (χ0v) is 13.5. The predicted octanol–water partition coefficient (Wildman–Crippen LogP) is 6.08. The second kappa shape index (κ2) is 6.72. The molecular formula is C24H20. The van der Waals surface area contributed by atoms with Crippen LogP contribution >= 0.6 is 0 Å². The van der Waals surface area contributed by atoms with Gasteiger partial charge in [0.2, 0.25) is 0 Å². The molecule has 116 valence electrons. The van der Waals surface area contributed by atoms with E-state index in [-0.39, 0.29) is 0 Å². The highest BCUT2D eigenvalue weighted by atomic mass is 14.3. The van der Waals surface area contributed by atoms with Gasteiger partial charge in [0.15, 0.2) is 0 Å². The molecule has 2 aromatic rings. The lowest BCUT2D eigenvalue weighted by Crippen LogP contribution is -2.05. The minimum absolute atomic E-state index is 0.324. The first-order chi connectivity index (χ1) is 11.9. The Balaban J connectivity index is 1.98. The van der Waals surface area contributed by atoms with Crippen LogP contribution in [0.3, 0.4) is 0 Å². The number of hydrogen-bond donors (Lipinski definition) is 0. The second-order valence-electron chi connectivity index (χ2n) is 6.15. The maximum absolute atomic E-state index is 2.29. The molecule has 0 aliphatic heterocycles. The zero-order chi connectivity index (χ0) is 16.2. The van der Waals surface area contributed by atoms with Gasteiger partial charge in [-0.1, -0.05) is 109 Å². The van der Waals surface area contributed by atoms with Crippen LogP contribution in [0.1, 0.15) is 11.1 Å². The average molecular weight is 308 g/mol. The van der Waals surface area contributed by atoms with Gasteiger partial charge in [-0.2, -0.15) is 0 Å². The van der Waals surface area contributed by atoms with Crippen molar-refractivity contribution in [2.45, 2.75) is 0 Å². The Kier molecular flexibility index (Phi) is 4.12. The van der Waals surface area contributed by atoms with E-state index >= 15 is 0 Å². The first kappa shape index (κ1) is 14.7. The highest BCUT2D eigenvalue weighted by Gasteiger charge is 2.23. The summed E-state index contributed by atoms with van der Waals surface area (Å²) in [6.45, 7) is 0. The third-order valence-corrected chi connectivity index (χ3v) is 4.62. The van der Waals surface area contributed by atoms with Crippen LogP contribution in [-0.4, -0.2) is 0 Å². The maximum atomic E-state index is 2.29. The molecule has 0 spiro atoms. The fraction of sp³-hybridized carbons (Fsp3) is 0.0833. The van der Waals surface area contributed by atoms with Crippen LogP contribution in [0.5, 0.6) is 0 Å². The van der Waals surface area contributed by atoms with Gasteiger partial charge in [0, 0.05) is 11.8 Å². The van der Waals surface area contributed by atoms with Crippen molar-refractivity contribution in [3.8, 4) is 0 Å². The van der Waals surface area contributed by atoms with E-state index in [1.165, 1.54) is 22.3 Å². The molecule has 4 rings (SSSR count). The molecule has 0 heteroatoms. The monoisotopic (exact) mass is 308 g/mol. The largest absolute Gasteiger partial charge is 0.0732 e. The number of benzene rings is 2. The second-order valence-corrected chi connectivity index (χ2v) is 6.15. The molecule has 0 nitrogen and oxygen atoms in total. The van der Waals surface area contributed by atoms with Gasteiger partial charge in [-0.3, -0.25) is 0 Å². The molecular weight excluding hydrogens is 288 g/mol. The number of rotatable bonds is 4. The summed E-state index contributed by atoms with van der Waals surface area (Å²) in [4.78, 5) is 0. The lowest BCUT2D eigenvalue weighted by atomic mass is 9.81. The van der Waals surface area contributed by atoms with Crippen molar-refractivity contribution in [2.24, 2.45) is 11.8 Å². The van der Waals surface area contributed by atoms with Crippen molar-refractivity contribution in [3.05, 3.63) is 120 Å². The standard InChI is InChI=1S/C24H20/c1-3-11-19(12-4-1)23(21-15-7-8-16-21)24(22-17-9-10-18-22)20-13-5-2-6-14-20/h1-18,21-22H/b24-23+. The smallest absolute Gasteiger partial charge is 0.0214 e. The van der Waals surface area contributed by atoms with E-state index in [4.69, 9.17) is 0 Å². The van der Waals surface area contributed by atoms with E-state index in [0.717, 1.165) is 0 Å². The van der Waals surface area contributed by atoms with Gasteiger partial charge < -0.3 is 0 Å². The lowest BCUT2D eigenvalue weighted by molar-refractivity contribution is 1.06. The Bertz CT molecular complexity index is 748. The van der Waals surface area contributed by atoms with Gasteiger partial charge in [0.25, 0.3) is 0 Å². The lowest BCUT2D eigenvalue weighted by Gasteiger charge is -2.23. The van der Waals surface area contributed by atoms with Crippen molar-refractivity contribution in [1.82, 2.24) is 0 Å². The van der Waals surface area contributed by atoms with E-state index in [9.17, 15) is 0 Å². The number of allylic oxidation sites excluding steroid dienone is 10. The molecule has 2 aliphatic rings. The Morgan fingerprint density at radius 3 is 1.12 bits per heavy atom. The first-order valence-corrected chi connectivity index (χ1v) is 8.48. The van der Waals surface area contributed by atoms with E-state index in [2.05, 4.69) is 109 Å². The van der Waals surface area contributed by atoms with E-state index < -0.39 is 0 Å². The molecule has 0 saturated heterocycles. The van der Waals surface area contributed by atoms with Gasteiger partial charge in [0.1, 0.15) is 0 Å². The topological polar surface area (TPSA) is 0 Å². The van der Waals surface area contributed by atoms with E-state index in [1.54, 1.807) is 0 Å². The quantitative estimate of drug-likeness (QED) is 0.600. The SMILES string of the molecule is C1=CC(/C(=C(\c2ccccc2)C2C=CC=C2)c2ccccc2)C=C1. The maximum Gasteiger partial charge on any atom is 0.0214 e. The summed E-state index contributed by atoms with van der Waals surface area (Å²) < 4.78 is 0. The molecule has 0 amide bonds. The van der Waals surface area contributed by atoms with E-state index in [0.29, 0.717) is 11.8 Å². The third-order valence-electron chi connectivity index (χ3n) is 4.62. The van der Waals surface area contributed by atoms with Crippen LogP contribution in [0, 0.1) is 11.8 Å². The van der Waals surface area contributed by atoms with Crippen molar-refractivity contribution in [1.29, 1.82) is 0 Å². The minimum atomic E-state index is 0.324. The molecule has 0 fully saturated rings. The number of hydrogen-bond acceptors (Lipinski definition) is 0. The molecule has 0 unspecified atom stereocenters. The molecule has 0 saturated carbocycles. The molecule has 0 aromatic heterocycles. The van der Waals surface area contributed by atoms with E-state index in [1.807, 2.05) is 0 Å². The van der Waals surface area contributed by atoms with Gasteiger partial charge in [-0.25, -0.2) is 0 Å². The fourth-order valence-corrected chi connectivity index (χ4v) is 3.54. The van der Waals surface area contributed by atoms with Crippen LogP contribution in [0.25, 0.3) is 11.1 Å². The summed E-state index contributed by atoms with van der Waals surface area (Å²) >= 11 is 0. The highest BCUT2D eigenvalue weighted by molar-refractivity contribution is 5.95. The summed E-state index contributed by atoms with van der Waals surface area (Å²) in [5.74, 6) is 0.648. The molecule has 0 heterocycles. The van der Waals surface area contributed by atoms with Crippen molar-refractivity contribution in [3.63, 3.8) is 0 Å². The van der Waals surface area contributed by atoms with Crippen LogP contribution in [0.4, 0.5) is 0 Å². The summed E-state index contributed by atoms with van der Waals surface area (Å²) in [7, 11) is 0. The average Bonchev–Trinajstić information content (AvgIpc) is 3.35. The van der Waals surface area contributed by atoms with Crippen molar-refractivity contribution < 1.29 is 0 Å². The van der Waals surface area contributed by atoms with Gasteiger partial charge in [-0.15, -0.1) is 0 Å². The first-order valence-electron chi connectivity index (χ1n) is 8.48. The summed E-state index contributed by atoms with van der Waals surface area (Å²) in [5.41, 5.74) is 5.39. The molecule has 24 heavy (non-hydrogen) atoms. The summed E-state index contributed by atoms with van der Waals surface area (Å²) in [6.07, 6.45) is 17.7. The van der Waals surface area contributed by atoms with Crippen LogP contribution in [0.2, 0.25) is 0 Å². The fourth-order valence-electron chi connectivity index (χ4n) is 3.54.